The van der Waals surface area contributed by atoms with Gasteiger partial charge in [0.15, 0.2) is 5.69 Å². The quantitative estimate of drug-likeness (QED) is 0.870. The lowest BCUT2D eigenvalue weighted by atomic mass is 9.88. The third-order valence-corrected chi connectivity index (χ3v) is 3.15. The van der Waals surface area contributed by atoms with Crippen LogP contribution in [-0.2, 0) is 0 Å². The molecule has 17 heavy (non-hydrogen) atoms. The largest absolute Gasteiger partial charge is 0.476 e. The van der Waals surface area contributed by atoms with Gasteiger partial charge in [0.05, 0.1) is 12.4 Å². The van der Waals surface area contributed by atoms with Crippen LogP contribution in [0.5, 0.6) is 5.88 Å². The van der Waals surface area contributed by atoms with Crippen molar-refractivity contribution in [3.63, 3.8) is 0 Å². The van der Waals surface area contributed by atoms with E-state index in [2.05, 4.69) is 16.9 Å². The van der Waals surface area contributed by atoms with Crippen molar-refractivity contribution >= 4 is 5.97 Å². The number of hydrogen-bond acceptors (Lipinski definition) is 4. The molecule has 5 heteroatoms. The molecule has 1 aliphatic carbocycles. The van der Waals surface area contributed by atoms with Crippen LogP contribution in [0, 0.1) is 5.92 Å². The van der Waals surface area contributed by atoms with Crippen molar-refractivity contribution < 1.29 is 14.6 Å². The molecule has 0 spiro atoms. The third-order valence-electron chi connectivity index (χ3n) is 3.15. The molecule has 2 atom stereocenters. The zero-order valence-corrected chi connectivity index (χ0v) is 9.80. The Bertz CT molecular complexity index is 391. The smallest absolute Gasteiger partial charge is 0.356 e. The molecule has 0 aromatic carbocycles. The Hall–Kier alpha value is -1.65. The van der Waals surface area contributed by atoms with Crippen LogP contribution in [-0.4, -0.2) is 27.1 Å². The molecule has 1 N–H and O–H groups in total. The van der Waals surface area contributed by atoms with Gasteiger partial charge in [-0.1, -0.05) is 13.3 Å². The zero-order chi connectivity index (χ0) is 12.3. The predicted molar refractivity (Wildman–Crippen MR) is 61.0 cm³/mol. The average molecular weight is 236 g/mol. The van der Waals surface area contributed by atoms with Crippen molar-refractivity contribution in [2.24, 2.45) is 5.92 Å². The fourth-order valence-electron chi connectivity index (χ4n) is 2.10. The van der Waals surface area contributed by atoms with Gasteiger partial charge in [-0.15, -0.1) is 0 Å². The van der Waals surface area contributed by atoms with Crippen LogP contribution >= 0.6 is 0 Å². The van der Waals surface area contributed by atoms with Gasteiger partial charge < -0.3 is 9.84 Å². The summed E-state index contributed by atoms with van der Waals surface area (Å²) in [7, 11) is 0. The summed E-state index contributed by atoms with van der Waals surface area (Å²) in [4.78, 5) is 18.4. The van der Waals surface area contributed by atoms with Crippen molar-refractivity contribution in [2.45, 2.75) is 38.7 Å². The van der Waals surface area contributed by atoms with Crippen LogP contribution in [0.15, 0.2) is 12.4 Å². The highest BCUT2D eigenvalue weighted by Crippen LogP contribution is 2.26. The first-order chi connectivity index (χ1) is 8.16. The van der Waals surface area contributed by atoms with E-state index in [9.17, 15) is 4.79 Å². The molecular weight excluding hydrogens is 220 g/mol. The lowest BCUT2D eigenvalue weighted by Gasteiger charge is -2.28. The number of carboxylic acids is 1. The maximum Gasteiger partial charge on any atom is 0.356 e. The number of carbonyl (C=O) groups is 1. The van der Waals surface area contributed by atoms with Gasteiger partial charge in [-0.3, -0.25) is 0 Å². The van der Waals surface area contributed by atoms with E-state index in [1.807, 2.05) is 0 Å². The monoisotopic (exact) mass is 236 g/mol. The summed E-state index contributed by atoms with van der Waals surface area (Å²) in [5.74, 6) is -0.145. The van der Waals surface area contributed by atoms with Crippen LogP contribution in [0.1, 0.15) is 43.1 Å². The molecule has 0 bridgehead atoms. The molecule has 1 aromatic rings. The van der Waals surface area contributed by atoms with Gasteiger partial charge in [0.2, 0.25) is 5.88 Å². The summed E-state index contributed by atoms with van der Waals surface area (Å²) in [5, 5.41) is 8.70. The second-order valence-electron chi connectivity index (χ2n) is 4.46. The molecular formula is C12H16N2O3. The minimum absolute atomic E-state index is 0.0611. The van der Waals surface area contributed by atoms with Crippen molar-refractivity contribution in [3.05, 3.63) is 18.1 Å². The van der Waals surface area contributed by atoms with E-state index in [0.717, 1.165) is 6.42 Å². The molecule has 1 aromatic heterocycles. The van der Waals surface area contributed by atoms with Crippen molar-refractivity contribution in [3.8, 4) is 5.88 Å². The third kappa shape index (κ3) is 2.93. The summed E-state index contributed by atoms with van der Waals surface area (Å²) in [6.45, 7) is 2.17. The van der Waals surface area contributed by atoms with Crippen molar-refractivity contribution in [1.29, 1.82) is 0 Å². The number of ether oxygens (including phenoxy) is 1. The second kappa shape index (κ2) is 5.12. The fraction of sp³-hybridized carbons (Fsp3) is 0.583. The molecule has 2 unspecified atom stereocenters. The van der Waals surface area contributed by atoms with Crippen LogP contribution in [0.4, 0.5) is 0 Å². The molecule has 0 aliphatic heterocycles. The van der Waals surface area contributed by atoms with Crippen LogP contribution in [0.2, 0.25) is 0 Å². The SMILES string of the molecule is CC1CCCCC1Oc1cnc(C(=O)O)cn1. The molecule has 0 amide bonds. The summed E-state index contributed by atoms with van der Waals surface area (Å²) < 4.78 is 5.74. The highest BCUT2D eigenvalue weighted by atomic mass is 16.5. The number of nitrogens with zero attached hydrogens (tertiary/aromatic N) is 2. The summed E-state index contributed by atoms with van der Waals surface area (Å²) in [6.07, 6.45) is 7.42. The lowest BCUT2D eigenvalue weighted by molar-refractivity contribution is 0.0688. The number of aromatic nitrogens is 2. The minimum atomic E-state index is -1.07. The van der Waals surface area contributed by atoms with Gasteiger partial charge in [-0.2, -0.15) is 0 Å². The van der Waals surface area contributed by atoms with E-state index < -0.39 is 5.97 Å². The Kier molecular flexibility index (Phi) is 3.56. The maximum absolute atomic E-state index is 10.6. The molecule has 1 saturated carbocycles. The average Bonchev–Trinajstić information content (AvgIpc) is 2.33. The van der Waals surface area contributed by atoms with Gasteiger partial charge in [0.1, 0.15) is 6.10 Å². The van der Waals surface area contributed by atoms with E-state index in [1.165, 1.54) is 31.7 Å². The van der Waals surface area contributed by atoms with E-state index in [4.69, 9.17) is 9.84 Å². The van der Waals surface area contributed by atoms with E-state index in [-0.39, 0.29) is 11.8 Å². The van der Waals surface area contributed by atoms with Gasteiger partial charge in [0, 0.05) is 0 Å². The first kappa shape index (κ1) is 11.8. The Morgan fingerprint density at radius 1 is 1.35 bits per heavy atom. The molecule has 1 fully saturated rings. The van der Waals surface area contributed by atoms with Gasteiger partial charge >= 0.3 is 5.97 Å². The van der Waals surface area contributed by atoms with Gasteiger partial charge in [-0.25, -0.2) is 14.8 Å². The Labute approximate surface area is 99.9 Å². The number of rotatable bonds is 3. The standard InChI is InChI=1S/C12H16N2O3/c1-8-4-2-3-5-10(8)17-11-7-13-9(6-14-11)12(15)16/h6-8,10H,2-5H2,1H3,(H,15,16). The summed E-state index contributed by atoms with van der Waals surface area (Å²) in [6, 6.07) is 0. The Balaban J connectivity index is 2.00. The highest BCUT2D eigenvalue weighted by molar-refractivity contribution is 5.84. The van der Waals surface area contributed by atoms with Gasteiger partial charge in [-0.05, 0) is 25.2 Å². The van der Waals surface area contributed by atoms with Crippen molar-refractivity contribution in [1.82, 2.24) is 9.97 Å². The van der Waals surface area contributed by atoms with Crippen molar-refractivity contribution in [2.75, 3.05) is 0 Å². The van der Waals surface area contributed by atoms with Gasteiger partial charge in [0.25, 0.3) is 0 Å². The highest BCUT2D eigenvalue weighted by Gasteiger charge is 2.23. The minimum Gasteiger partial charge on any atom is -0.476 e. The van der Waals surface area contributed by atoms with Crippen LogP contribution in [0.25, 0.3) is 0 Å². The molecule has 1 aliphatic rings. The first-order valence-corrected chi connectivity index (χ1v) is 5.89. The topological polar surface area (TPSA) is 72.3 Å². The predicted octanol–water partition coefficient (Wildman–Crippen LogP) is 2.13. The number of aromatic carboxylic acids is 1. The van der Waals surface area contributed by atoms with Crippen LogP contribution < -0.4 is 4.74 Å². The molecule has 0 saturated heterocycles. The van der Waals surface area contributed by atoms with E-state index in [1.54, 1.807) is 0 Å². The molecule has 2 rings (SSSR count). The van der Waals surface area contributed by atoms with E-state index in [0.29, 0.717) is 11.8 Å². The number of carboxylic acid groups (broad SMARTS) is 1. The normalized spacial score (nSPS) is 24.3. The van der Waals surface area contributed by atoms with E-state index >= 15 is 0 Å². The molecule has 5 nitrogen and oxygen atoms in total. The molecule has 0 radical (unpaired) electrons. The zero-order valence-electron chi connectivity index (χ0n) is 9.80. The fourth-order valence-corrected chi connectivity index (χ4v) is 2.10. The number of hydrogen-bond donors (Lipinski definition) is 1. The maximum atomic E-state index is 10.6. The molecule has 92 valence electrons. The Morgan fingerprint density at radius 2 is 2.12 bits per heavy atom. The van der Waals surface area contributed by atoms with Crippen LogP contribution in [0.3, 0.4) is 0 Å². The second-order valence-corrected chi connectivity index (χ2v) is 4.46. The lowest BCUT2D eigenvalue weighted by Crippen LogP contribution is -2.28. The first-order valence-electron chi connectivity index (χ1n) is 5.89. The Morgan fingerprint density at radius 3 is 2.71 bits per heavy atom. The summed E-state index contributed by atoms with van der Waals surface area (Å²) in [5.41, 5.74) is -0.0611. The molecule has 1 heterocycles. The summed E-state index contributed by atoms with van der Waals surface area (Å²) >= 11 is 0.